The highest BCUT2D eigenvalue weighted by atomic mass is 19.1. The van der Waals surface area contributed by atoms with E-state index in [9.17, 15) is 4.39 Å². The van der Waals surface area contributed by atoms with E-state index in [2.05, 4.69) is 24.1 Å². The molecule has 1 aromatic carbocycles. The fraction of sp³-hybridized carbons (Fsp3) is 0.538. The summed E-state index contributed by atoms with van der Waals surface area (Å²) in [6.07, 6.45) is 0. The van der Waals surface area contributed by atoms with Crippen LogP contribution in [-0.2, 0) is 6.54 Å². The maximum Gasteiger partial charge on any atom is 0.123 e. The topological polar surface area (TPSA) is 15.3 Å². The summed E-state index contributed by atoms with van der Waals surface area (Å²) in [4.78, 5) is 2.46. The molecule has 0 aromatic heterocycles. The minimum atomic E-state index is -0.162. The SMILES string of the molecule is CC(C)N(Cc1ccc(F)cc1)C1CNC1. The van der Waals surface area contributed by atoms with Gasteiger partial charge in [0, 0.05) is 31.7 Å². The lowest BCUT2D eigenvalue weighted by molar-refractivity contribution is 0.103. The molecular weight excluding hydrogens is 203 g/mol. The van der Waals surface area contributed by atoms with Crippen molar-refractivity contribution in [2.45, 2.75) is 32.5 Å². The van der Waals surface area contributed by atoms with Crippen LogP contribution in [0.25, 0.3) is 0 Å². The van der Waals surface area contributed by atoms with Crippen molar-refractivity contribution in [2.24, 2.45) is 0 Å². The molecule has 3 heteroatoms. The number of hydrogen-bond donors (Lipinski definition) is 1. The first-order valence-corrected chi connectivity index (χ1v) is 5.87. The molecule has 0 unspecified atom stereocenters. The van der Waals surface area contributed by atoms with Gasteiger partial charge < -0.3 is 5.32 Å². The highest BCUT2D eigenvalue weighted by molar-refractivity contribution is 5.16. The molecule has 1 N–H and O–H groups in total. The third-order valence-corrected chi connectivity index (χ3v) is 3.17. The van der Waals surface area contributed by atoms with Gasteiger partial charge in [-0.05, 0) is 31.5 Å². The van der Waals surface area contributed by atoms with Gasteiger partial charge in [0.2, 0.25) is 0 Å². The van der Waals surface area contributed by atoms with Crippen LogP contribution in [0, 0.1) is 5.82 Å². The van der Waals surface area contributed by atoms with E-state index in [0.29, 0.717) is 12.1 Å². The molecule has 0 bridgehead atoms. The van der Waals surface area contributed by atoms with Gasteiger partial charge in [0.25, 0.3) is 0 Å². The van der Waals surface area contributed by atoms with Crippen molar-refractivity contribution in [1.29, 1.82) is 0 Å². The molecule has 0 amide bonds. The van der Waals surface area contributed by atoms with Crippen LogP contribution in [0.2, 0.25) is 0 Å². The average Bonchev–Trinajstić information content (AvgIpc) is 2.17. The number of nitrogens with one attached hydrogen (secondary N) is 1. The van der Waals surface area contributed by atoms with Gasteiger partial charge in [0.1, 0.15) is 5.82 Å². The second-order valence-corrected chi connectivity index (χ2v) is 4.70. The van der Waals surface area contributed by atoms with Crippen molar-refractivity contribution in [1.82, 2.24) is 10.2 Å². The van der Waals surface area contributed by atoms with Crippen LogP contribution in [0.3, 0.4) is 0 Å². The molecule has 1 saturated heterocycles. The predicted octanol–water partition coefficient (Wildman–Crippen LogP) is 2.01. The van der Waals surface area contributed by atoms with E-state index in [1.807, 2.05) is 12.1 Å². The quantitative estimate of drug-likeness (QED) is 0.838. The number of nitrogens with zero attached hydrogens (tertiary/aromatic N) is 1. The van der Waals surface area contributed by atoms with Crippen molar-refractivity contribution in [3.63, 3.8) is 0 Å². The van der Waals surface area contributed by atoms with Crippen LogP contribution >= 0.6 is 0 Å². The molecule has 0 saturated carbocycles. The minimum absolute atomic E-state index is 0.162. The Labute approximate surface area is 96.5 Å². The molecule has 0 aliphatic carbocycles. The summed E-state index contributed by atoms with van der Waals surface area (Å²) in [5.74, 6) is -0.162. The maximum absolute atomic E-state index is 12.8. The lowest BCUT2D eigenvalue weighted by Gasteiger charge is -2.40. The summed E-state index contributed by atoms with van der Waals surface area (Å²) in [7, 11) is 0. The third kappa shape index (κ3) is 2.60. The molecule has 1 aliphatic rings. The predicted molar refractivity (Wildman–Crippen MR) is 63.7 cm³/mol. The van der Waals surface area contributed by atoms with Crippen molar-refractivity contribution >= 4 is 0 Å². The Morgan fingerprint density at radius 2 is 1.94 bits per heavy atom. The molecule has 1 heterocycles. The maximum atomic E-state index is 12.8. The first kappa shape index (κ1) is 11.6. The normalized spacial score (nSPS) is 16.8. The highest BCUT2D eigenvalue weighted by Crippen LogP contribution is 2.15. The van der Waals surface area contributed by atoms with Crippen LogP contribution in [0.15, 0.2) is 24.3 Å². The number of benzene rings is 1. The third-order valence-electron chi connectivity index (χ3n) is 3.17. The zero-order chi connectivity index (χ0) is 11.5. The van der Waals surface area contributed by atoms with E-state index < -0.39 is 0 Å². The molecule has 88 valence electrons. The smallest absolute Gasteiger partial charge is 0.123 e. The van der Waals surface area contributed by atoms with Crippen molar-refractivity contribution in [2.75, 3.05) is 13.1 Å². The van der Waals surface area contributed by atoms with Crippen LogP contribution in [0.1, 0.15) is 19.4 Å². The Bertz CT molecular complexity index is 330. The molecule has 2 nitrogen and oxygen atoms in total. The van der Waals surface area contributed by atoms with Gasteiger partial charge in [-0.25, -0.2) is 4.39 Å². The van der Waals surface area contributed by atoms with Gasteiger partial charge in [0.05, 0.1) is 0 Å². The summed E-state index contributed by atoms with van der Waals surface area (Å²) in [5.41, 5.74) is 1.18. The molecule has 1 aromatic rings. The lowest BCUT2D eigenvalue weighted by Crippen LogP contribution is -2.58. The molecule has 2 rings (SSSR count). The van der Waals surface area contributed by atoms with Crippen molar-refractivity contribution in [3.05, 3.63) is 35.6 Å². The second-order valence-electron chi connectivity index (χ2n) is 4.70. The number of halogens is 1. The van der Waals surface area contributed by atoms with Crippen LogP contribution in [-0.4, -0.2) is 30.1 Å². The van der Waals surface area contributed by atoms with E-state index in [0.717, 1.165) is 19.6 Å². The average molecular weight is 222 g/mol. The first-order valence-electron chi connectivity index (χ1n) is 5.87. The van der Waals surface area contributed by atoms with E-state index in [-0.39, 0.29) is 5.82 Å². The largest absolute Gasteiger partial charge is 0.314 e. The molecular formula is C13H19FN2. The zero-order valence-corrected chi connectivity index (χ0v) is 9.91. The van der Waals surface area contributed by atoms with Gasteiger partial charge in [-0.1, -0.05) is 12.1 Å². The van der Waals surface area contributed by atoms with Crippen LogP contribution in [0.4, 0.5) is 4.39 Å². The van der Waals surface area contributed by atoms with E-state index >= 15 is 0 Å². The monoisotopic (exact) mass is 222 g/mol. The van der Waals surface area contributed by atoms with Crippen molar-refractivity contribution in [3.8, 4) is 0 Å². The Morgan fingerprint density at radius 3 is 2.38 bits per heavy atom. The van der Waals surface area contributed by atoms with Gasteiger partial charge >= 0.3 is 0 Å². The summed E-state index contributed by atoms with van der Waals surface area (Å²) in [6, 6.07) is 7.97. The number of rotatable bonds is 4. The van der Waals surface area contributed by atoms with Crippen LogP contribution < -0.4 is 5.32 Å². The standard InChI is InChI=1S/C13H19FN2/c1-10(2)16(13-7-15-8-13)9-11-3-5-12(14)6-4-11/h3-6,10,13,15H,7-9H2,1-2H3. The Kier molecular flexibility index (Phi) is 3.56. The Hall–Kier alpha value is -0.930. The van der Waals surface area contributed by atoms with Gasteiger partial charge in [0.15, 0.2) is 0 Å². The summed E-state index contributed by atoms with van der Waals surface area (Å²) in [5, 5.41) is 3.29. The van der Waals surface area contributed by atoms with Gasteiger partial charge in [-0.2, -0.15) is 0 Å². The van der Waals surface area contributed by atoms with E-state index in [1.165, 1.54) is 17.7 Å². The fourth-order valence-corrected chi connectivity index (χ4v) is 2.04. The Morgan fingerprint density at radius 1 is 1.31 bits per heavy atom. The van der Waals surface area contributed by atoms with Gasteiger partial charge in [-0.15, -0.1) is 0 Å². The lowest BCUT2D eigenvalue weighted by atomic mass is 10.1. The highest BCUT2D eigenvalue weighted by Gasteiger charge is 2.26. The summed E-state index contributed by atoms with van der Waals surface area (Å²) < 4.78 is 12.8. The summed E-state index contributed by atoms with van der Waals surface area (Å²) in [6.45, 7) is 7.47. The van der Waals surface area contributed by atoms with Crippen LogP contribution in [0.5, 0.6) is 0 Å². The molecule has 1 fully saturated rings. The molecule has 0 spiro atoms. The molecule has 0 atom stereocenters. The summed E-state index contributed by atoms with van der Waals surface area (Å²) >= 11 is 0. The molecule has 16 heavy (non-hydrogen) atoms. The minimum Gasteiger partial charge on any atom is -0.314 e. The van der Waals surface area contributed by atoms with E-state index in [4.69, 9.17) is 0 Å². The fourth-order valence-electron chi connectivity index (χ4n) is 2.04. The molecule has 0 radical (unpaired) electrons. The van der Waals surface area contributed by atoms with Crippen molar-refractivity contribution < 1.29 is 4.39 Å². The zero-order valence-electron chi connectivity index (χ0n) is 9.91. The first-order chi connectivity index (χ1) is 7.66. The van der Waals surface area contributed by atoms with E-state index in [1.54, 1.807) is 0 Å². The Balaban J connectivity index is 2.02. The second kappa shape index (κ2) is 4.93. The molecule has 1 aliphatic heterocycles. The van der Waals surface area contributed by atoms with Gasteiger partial charge in [-0.3, -0.25) is 4.90 Å². The number of hydrogen-bond acceptors (Lipinski definition) is 2.